The first-order valence-corrected chi connectivity index (χ1v) is 4.30. The van der Waals surface area contributed by atoms with E-state index in [1.54, 1.807) is 13.3 Å². The first kappa shape index (κ1) is 10.2. The number of hydrogen-bond donors (Lipinski definition) is 2. The fourth-order valence-corrected chi connectivity index (χ4v) is 0.995. The number of carbonyl (C=O) groups is 1. The molecule has 14 heavy (non-hydrogen) atoms. The molecule has 0 aromatic heterocycles. The third-order valence-corrected chi connectivity index (χ3v) is 1.57. The Kier molecular flexibility index (Phi) is 3.67. The molecule has 0 saturated heterocycles. The molecule has 1 aromatic carbocycles. The molecule has 0 aliphatic heterocycles. The summed E-state index contributed by atoms with van der Waals surface area (Å²) in [6.07, 6.45) is 1.71. The van der Waals surface area contributed by atoms with Crippen LogP contribution in [0.5, 0.6) is 0 Å². The van der Waals surface area contributed by atoms with E-state index < -0.39 is 0 Å². The highest BCUT2D eigenvalue weighted by atomic mass is 16.1. The number of rotatable bonds is 3. The number of carbonyl (C=O) groups excluding carboxylic acids is 1. The van der Waals surface area contributed by atoms with Crippen molar-refractivity contribution >= 4 is 17.8 Å². The molecule has 0 aliphatic carbocycles. The molecule has 74 valence electrons. The fraction of sp³-hybridized carbons (Fsp3) is 0.200. The van der Waals surface area contributed by atoms with Crippen molar-refractivity contribution in [1.82, 2.24) is 5.43 Å². The molecule has 0 spiro atoms. The van der Waals surface area contributed by atoms with Gasteiger partial charge < -0.3 is 10.7 Å². The van der Waals surface area contributed by atoms with E-state index in [0.29, 0.717) is 0 Å². The molecule has 0 saturated carbocycles. The van der Waals surface area contributed by atoms with E-state index in [1.165, 1.54) is 6.92 Å². The van der Waals surface area contributed by atoms with Crippen molar-refractivity contribution in [3.05, 3.63) is 29.8 Å². The quantitative estimate of drug-likeness (QED) is 0.557. The van der Waals surface area contributed by atoms with Gasteiger partial charge in [-0.05, 0) is 17.7 Å². The summed E-state index contributed by atoms with van der Waals surface area (Å²) < 4.78 is 0. The molecule has 1 amide bonds. The summed E-state index contributed by atoms with van der Waals surface area (Å²) >= 11 is 0. The molecule has 0 unspecified atom stereocenters. The van der Waals surface area contributed by atoms with Gasteiger partial charge in [0.25, 0.3) is 0 Å². The molecule has 1 aromatic rings. The fourth-order valence-electron chi connectivity index (χ4n) is 0.995. The molecule has 1 rings (SSSR count). The van der Waals surface area contributed by atoms with Crippen LogP contribution in [0, 0.1) is 0 Å². The number of hydrogen-bond acceptors (Lipinski definition) is 3. The third kappa shape index (κ3) is 3.26. The Hall–Kier alpha value is -1.84. The van der Waals surface area contributed by atoms with Crippen LogP contribution in [0.1, 0.15) is 12.5 Å². The van der Waals surface area contributed by atoms with Crippen molar-refractivity contribution in [3.63, 3.8) is 0 Å². The van der Waals surface area contributed by atoms with Gasteiger partial charge in [-0.2, -0.15) is 5.10 Å². The molecule has 4 heteroatoms. The first-order chi connectivity index (χ1) is 6.72. The maximum Gasteiger partial charge on any atom is 0.221 e. The molecular formula is C10H13N3O. The number of benzene rings is 1. The second kappa shape index (κ2) is 5.01. The Morgan fingerprint density at radius 1 is 1.36 bits per heavy atom. The van der Waals surface area contributed by atoms with E-state index in [-0.39, 0.29) is 5.91 Å². The van der Waals surface area contributed by atoms with E-state index >= 15 is 0 Å². The molecule has 0 fully saturated rings. The summed E-state index contributed by atoms with van der Waals surface area (Å²) in [7, 11) is 1.74. The average Bonchev–Trinajstić information content (AvgIpc) is 2.16. The van der Waals surface area contributed by atoms with Crippen LogP contribution in [0.3, 0.4) is 0 Å². The van der Waals surface area contributed by atoms with Crippen LogP contribution in [0.15, 0.2) is 29.4 Å². The Bertz CT molecular complexity index is 330. The van der Waals surface area contributed by atoms with Crippen LogP contribution in [0.4, 0.5) is 5.69 Å². The summed E-state index contributed by atoms with van der Waals surface area (Å²) in [5.41, 5.74) is 4.43. The second-order valence-corrected chi connectivity index (χ2v) is 2.79. The van der Waals surface area contributed by atoms with Crippen LogP contribution >= 0.6 is 0 Å². The number of amides is 1. The standard InChI is InChI=1S/C10H13N3O/c1-8(14)13-10-5-3-9(4-6-10)7-12-11-2/h3-7,11H,1-2H3,(H,13,14). The summed E-state index contributed by atoms with van der Waals surface area (Å²) in [6, 6.07) is 7.43. The Balaban J connectivity index is 2.68. The molecule has 0 aliphatic rings. The van der Waals surface area contributed by atoms with Crippen LogP contribution in [-0.4, -0.2) is 19.2 Å². The maximum atomic E-state index is 10.7. The van der Waals surface area contributed by atoms with Gasteiger partial charge in [0.1, 0.15) is 0 Å². The van der Waals surface area contributed by atoms with Gasteiger partial charge in [-0.3, -0.25) is 4.79 Å². The molecule has 0 atom stereocenters. The van der Waals surface area contributed by atoms with Crippen molar-refractivity contribution in [1.29, 1.82) is 0 Å². The molecule has 4 nitrogen and oxygen atoms in total. The number of anilines is 1. The highest BCUT2D eigenvalue weighted by Gasteiger charge is 1.94. The van der Waals surface area contributed by atoms with Gasteiger partial charge >= 0.3 is 0 Å². The van der Waals surface area contributed by atoms with E-state index in [4.69, 9.17) is 0 Å². The van der Waals surface area contributed by atoms with Crippen LogP contribution in [0.25, 0.3) is 0 Å². The summed E-state index contributed by atoms with van der Waals surface area (Å²) in [5.74, 6) is -0.0679. The zero-order valence-electron chi connectivity index (χ0n) is 8.24. The molecule has 2 N–H and O–H groups in total. The van der Waals surface area contributed by atoms with Gasteiger partial charge in [0.05, 0.1) is 6.21 Å². The first-order valence-electron chi connectivity index (χ1n) is 4.30. The van der Waals surface area contributed by atoms with Crippen LogP contribution < -0.4 is 10.7 Å². The van der Waals surface area contributed by atoms with Crippen molar-refractivity contribution in [3.8, 4) is 0 Å². The van der Waals surface area contributed by atoms with Gasteiger partial charge in [-0.25, -0.2) is 0 Å². The normalized spacial score (nSPS) is 10.1. The monoisotopic (exact) mass is 191 g/mol. The van der Waals surface area contributed by atoms with Crippen LogP contribution in [-0.2, 0) is 4.79 Å². The average molecular weight is 191 g/mol. The van der Waals surface area contributed by atoms with E-state index in [9.17, 15) is 4.79 Å². The predicted molar refractivity (Wildman–Crippen MR) is 57.4 cm³/mol. The second-order valence-electron chi connectivity index (χ2n) is 2.79. The molecular weight excluding hydrogens is 178 g/mol. The van der Waals surface area contributed by atoms with E-state index in [2.05, 4.69) is 15.8 Å². The lowest BCUT2D eigenvalue weighted by atomic mass is 10.2. The van der Waals surface area contributed by atoms with Crippen molar-refractivity contribution in [2.75, 3.05) is 12.4 Å². The summed E-state index contributed by atoms with van der Waals surface area (Å²) in [6.45, 7) is 1.48. The number of nitrogens with zero attached hydrogens (tertiary/aromatic N) is 1. The smallest absolute Gasteiger partial charge is 0.221 e. The van der Waals surface area contributed by atoms with Gasteiger partial charge in [0, 0.05) is 19.7 Å². The number of nitrogens with one attached hydrogen (secondary N) is 2. The maximum absolute atomic E-state index is 10.7. The van der Waals surface area contributed by atoms with Gasteiger partial charge in [-0.15, -0.1) is 0 Å². The lowest BCUT2D eigenvalue weighted by Crippen LogP contribution is -2.05. The SMILES string of the molecule is CNN=Cc1ccc(NC(C)=O)cc1. The minimum Gasteiger partial charge on any atom is -0.326 e. The number of hydrazone groups is 1. The predicted octanol–water partition coefficient (Wildman–Crippen LogP) is 1.20. The summed E-state index contributed by atoms with van der Waals surface area (Å²) in [5, 5.41) is 6.56. The van der Waals surface area contributed by atoms with Crippen molar-refractivity contribution in [2.24, 2.45) is 5.10 Å². The molecule has 0 radical (unpaired) electrons. The van der Waals surface area contributed by atoms with Gasteiger partial charge in [-0.1, -0.05) is 12.1 Å². The third-order valence-electron chi connectivity index (χ3n) is 1.57. The Labute approximate surface area is 83.0 Å². The van der Waals surface area contributed by atoms with Gasteiger partial charge in [0.2, 0.25) is 5.91 Å². The Morgan fingerprint density at radius 2 is 2.00 bits per heavy atom. The van der Waals surface area contributed by atoms with Crippen molar-refractivity contribution in [2.45, 2.75) is 6.92 Å². The topological polar surface area (TPSA) is 53.5 Å². The lowest BCUT2D eigenvalue weighted by molar-refractivity contribution is -0.114. The van der Waals surface area contributed by atoms with Crippen molar-refractivity contribution < 1.29 is 4.79 Å². The minimum absolute atomic E-state index is 0.0679. The Morgan fingerprint density at radius 3 is 2.50 bits per heavy atom. The largest absolute Gasteiger partial charge is 0.326 e. The zero-order valence-corrected chi connectivity index (χ0v) is 8.24. The minimum atomic E-state index is -0.0679. The molecule has 0 heterocycles. The van der Waals surface area contributed by atoms with Crippen LogP contribution in [0.2, 0.25) is 0 Å². The highest BCUT2D eigenvalue weighted by molar-refractivity contribution is 5.89. The van der Waals surface area contributed by atoms with E-state index in [0.717, 1.165) is 11.3 Å². The summed E-state index contributed by atoms with van der Waals surface area (Å²) in [4.78, 5) is 10.7. The lowest BCUT2D eigenvalue weighted by Gasteiger charge is -2.01. The highest BCUT2D eigenvalue weighted by Crippen LogP contribution is 2.07. The van der Waals surface area contributed by atoms with E-state index in [1.807, 2.05) is 24.3 Å². The van der Waals surface area contributed by atoms with Gasteiger partial charge in [0.15, 0.2) is 0 Å². The zero-order chi connectivity index (χ0) is 10.4. The molecule has 0 bridgehead atoms.